The number of nitrogens with zero attached hydrogens (tertiary/aromatic N) is 2. The van der Waals surface area contributed by atoms with Gasteiger partial charge in [0.05, 0.1) is 5.56 Å². The molecule has 4 nitrogen and oxygen atoms in total. The normalized spacial score (nSPS) is 17.2. The average Bonchev–Trinajstić information content (AvgIpc) is 2.71. The van der Waals surface area contributed by atoms with E-state index in [4.69, 9.17) is 0 Å². The first-order chi connectivity index (χ1) is 13.8. The fourth-order valence-electron chi connectivity index (χ4n) is 3.51. The number of piperidine rings is 1. The summed E-state index contributed by atoms with van der Waals surface area (Å²) in [5.41, 5.74) is -0.320. The summed E-state index contributed by atoms with van der Waals surface area (Å²) in [4.78, 5) is 18.0. The molecule has 0 radical (unpaired) electrons. The van der Waals surface area contributed by atoms with Gasteiger partial charge in [0.2, 0.25) is 5.91 Å². The molecule has 29 heavy (non-hydrogen) atoms. The van der Waals surface area contributed by atoms with Crippen molar-refractivity contribution in [1.82, 2.24) is 10.3 Å². The first-order valence-electron chi connectivity index (χ1n) is 9.61. The fourth-order valence-corrected chi connectivity index (χ4v) is 3.51. The van der Waals surface area contributed by atoms with Crippen LogP contribution in [-0.4, -0.2) is 24.0 Å². The molecule has 0 bridgehead atoms. The highest BCUT2D eigenvalue weighted by atomic mass is 19.4. The van der Waals surface area contributed by atoms with Gasteiger partial charge in [0.25, 0.3) is 0 Å². The van der Waals surface area contributed by atoms with E-state index in [0.29, 0.717) is 30.8 Å². The maximum atomic E-state index is 13.6. The van der Waals surface area contributed by atoms with Crippen LogP contribution in [0.5, 0.6) is 0 Å². The minimum absolute atomic E-state index is 0.141. The first kappa shape index (κ1) is 21.1. The number of nitrogens with one attached hydrogen (secondary N) is 1. The number of carbonyl (C=O) groups is 1. The van der Waals surface area contributed by atoms with Crippen molar-refractivity contribution in [3.8, 4) is 0 Å². The number of carbonyl (C=O) groups excluding carboxylic acids is 1. The number of rotatable bonds is 6. The van der Waals surface area contributed by atoms with Gasteiger partial charge in [-0.1, -0.05) is 18.2 Å². The molecule has 0 spiro atoms. The van der Waals surface area contributed by atoms with E-state index in [1.165, 1.54) is 12.1 Å². The number of hydrogen-bond acceptors (Lipinski definition) is 3. The lowest BCUT2D eigenvalue weighted by molar-refractivity contribution is -0.137. The Morgan fingerprint density at radius 2 is 2.00 bits per heavy atom. The fraction of sp³-hybridized carbons (Fsp3) is 0.429. The van der Waals surface area contributed by atoms with E-state index in [9.17, 15) is 22.4 Å². The highest BCUT2D eigenvalue weighted by Crippen LogP contribution is 2.30. The maximum absolute atomic E-state index is 13.6. The van der Waals surface area contributed by atoms with Gasteiger partial charge in [0.15, 0.2) is 0 Å². The van der Waals surface area contributed by atoms with Crippen LogP contribution in [0.3, 0.4) is 0 Å². The van der Waals surface area contributed by atoms with Gasteiger partial charge in [0.1, 0.15) is 11.6 Å². The van der Waals surface area contributed by atoms with Gasteiger partial charge in [-0.05, 0) is 43.4 Å². The van der Waals surface area contributed by atoms with E-state index in [0.717, 1.165) is 31.6 Å². The number of hydrogen-bond donors (Lipinski definition) is 1. The maximum Gasteiger partial charge on any atom is 0.417 e. The van der Waals surface area contributed by atoms with Crippen molar-refractivity contribution >= 4 is 11.7 Å². The Balaban J connectivity index is 1.47. The third kappa shape index (κ3) is 5.92. The van der Waals surface area contributed by atoms with Crippen molar-refractivity contribution in [3.05, 3.63) is 59.5 Å². The lowest BCUT2D eigenvalue weighted by Crippen LogP contribution is -2.36. The minimum atomic E-state index is -4.40. The van der Waals surface area contributed by atoms with Crippen molar-refractivity contribution in [3.63, 3.8) is 0 Å². The Morgan fingerprint density at radius 1 is 1.21 bits per heavy atom. The molecule has 2 aromatic rings. The van der Waals surface area contributed by atoms with E-state index in [2.05, 4.69) is 10.3 Å². The summed E-state index contributed by atoms with van der Waals surface area (Å²) in [6.45, 7) is 1.53. The molecule has 1 aliphatic heterocycles. The Hall–Kier alpha value is -2.64. The Bertz CT molecular complexity index is 823. The molecule has 3 rings (SSSR count). The Kier molecular flexibility index (Phi) is 6.71. The molecule has 156 valence electrons. The molecule has 1 atom stereocenters. The van der Waals surface area contributed by atoms with Crippen LogP contribution in [0.2, 0.25) is 0 Å². The van der Waals surface area contributed by atoms with Gasteiger partial charge in [-0.3, -0.25) is 4.79 Å². The molecule has 1 aliphatic rings. The summed E-state index contributed by atoms with van der Waals surface area (Å²) in [7, 11) is 0. The van der Waals surface area contributed by atoms with Crippen molar-refractivity contribution < 1.29 is 22.4 Å². The number of halogens is 4. The van der Waals surface area contributed by atoms with E-state index in [1.807, 2.05) is 4.90 Å². The van der Waals surface area contributed by atoms with Crippen LogP contribution >= 0.6 is 0 Å². The molecule has 1 aromatic carbocycles. The molecule has 0 aliphatic carbocycles. The largest absolute Gasteiger partial charge is 0.417 e. The molecule has 1 saturated heterocycles. The number of aromatic nitrogens is 1. The summed E-state index contributed by atoms with van der Waals surface area (Å²) in [5.74, 6) is 0.288. The van der Waals surface area contributed by atoms with Gasteiger partial charge in [-0.2, -0.15) is 13.2 Å². The Morgan fingerprint density at radius 3 is 2.69 bits per heavy atom. The number of benzene rings is 1. The van der Waals surface area contributed by atoms with Crippen LogP contribution in [0.4, 0.5) is 23.4 Å². The topological polar surface area (TPSA) is 45.2 Å². The lowest BCUT2D eigenvalue weighted by atomic mass is 9.93. The standard InChI is InChI=1S/C21H23F4N3O/c22-18-6-2-1-5-16(18)12-27-20(29)10-7-15-4-3-11-28(14-15)19-9-8-17(13-26-19)21(23,24)25/h1-2,5-6,8-9,13,15H,3-4,7,10-12,14H2,(H,27,29). The highest BCUT2D eigenvalue weighted by molar-refractivity contribution is 5.75. The van der Waals surface area contributed by atoms with Crippen molar-refractivity contribution in [2.75, 3.05) is 18.0 Å². The highest BCUT2D eigenvalue weighted by Gasteiger charge is 2.31. The third-order valence-corrected chi connectivity index (χ3v) is 5.13. The van der Waals surface area contributed by atoms with Crippen molar-refractivity contribution in [2.24, 2.45) is 5.92 Å². The second-order valence-corrected chi connectivity index (χ2v) is 7.26. The predicted octanol–water partition coefficient (Wildman–Crippen LogP) is 4.55. The summed E-state index contributed by atoms with van der Waals surface area (Å²) in [6, 6.07) is 8.74. The second kappa shape index (κ2) is 9.24. The SMILES string of the molecule is O=C(CCC1CCCN(c2ccc(C(F)(F)F)cn2)C1)NCc1ccccc1F. The van der Waals surface area contributed by atoms with Crippen LogP contribution in [0.15, 0.2) is 42.6 Å². The van der Waals surface area contributed by atoms with Crippen LogP contribution in [0, 0.1) is 11.7 Å². The van der Waals surface area contributed by atoms with Crippen LogP contribution in [-0.2, 0) is 17.5 Å². The van der Waals surface area contributed by atoms with E-state index in [-0.39, 0.29) is 24.2 Å². The van der Waals surface area contributed by atoms with Crippen LogP contribution in [0.25, 0.3) is 0 Å². The smallest absolute Gasteiger partial charge is 0.356 e. The van der Waals surface area contributed by atoms with Crippen molar-refractivity contribution in [1.29, 1.82) is 0 Å². The molecule has 1 N–H and O–H groups in total. The van der Waals surface area contributed by atoms with Gasteiger partial charge in [0, 0.05) is 37.8 Å². The second-order valence-electron chi connectivity index (χ2n) is 7.26. The molecule has 1 fully saturated rings. The summed E-state index contributed by atoms with van der Waals surface area (Å²) in [5, 5.41) is 2.73. The number of alkyl halides is 3. The third-order valence-electron chi connectivity index (χ3n) is 5.13. The number of anilines is 1. The van der Waals surface area contributed by atoms with Gasteiger partial charge < -0.3 is 10.2 Å². The zero-order valence-corrected chi connectivity index (χ0v) is 15.9. The van der Waals surface area contributed by atoms with Gasteiger partial charge in [-0.25, -0.2) is 9.37 Å². The first-order valence-corrected chi connectivity index (χ1v) is 9.61. The summed E-state index contributed by atoms with van der Waals surface area (Å²) in [6.07, 6.45) is -0.698. The van der Waals surface area contributed by atoms with Crippen LogP contribution < -0.4 is 10.2 Å². The van der Waals surface area contributed by atoms with E-state index >= 15 is 0 Å². The van der Waals surface area contributed by atoms with Gasteiger partial charge >= 0.3 is 6.18 Å². The molecular formula is C21H23F4N3O. The number of pyridine rings is 1. The predicted molar refractivity (Wildman–Crippen MR) is 102 cm³/mol. The summed E-state index contributed by atoms with van der Waals surface area (Å²) >= 11 is 0. The zero-order valence-electron chi connectivity index (χ0n) is 15.9. The quantitative estimate of drug-likeness (QED) is 0.712. The van der Waals surface area contributed by atoms with Crippen LogP contribution in [0.1, 0.15) is 36.8 Å². The monoisotopic (exact) mass is 409 g/mol. The molecule has 1 aromatic heterocycles. The average molecular weight is 409 g/mol. The molecule has 0 saturated carbocycles. The molecule has 2 heterocycles. The Labute approximate surface area is 166 Å². The number of amides is 1. The minimum Gasteiger partial charge on any atom is -0.356 e. The zero-order chi connectivity index (χ0) is 20.9. The molecule has 1 unspecified atom stereocenters. The van der Waals surface area contributed by atoms with E-state index in [1.54, 1.807) is 18.2 Å². The lowest BCUT2D eigenvalue weighted by Gasteiger charge is -2.33. The van der Waals surface area contributed by atoms with E-state index < -0.39 is 11.7 Å². The summed E-state index contributed by atoms with van der Waals surface area (Å²) < 4.78 is 51.6. The molecular weight excluding hydrogens is 386 g/mol. The molecule has 1 amide bonds. The van der Waals surface area contributed by atoms with Crippen molar-refractivity contribution in [2.45, 2.75) is 38.4 Å². The van der Waals surface area contributed by atoms with Gasteiger partial charge in [-0.15, -0.1) is 0 Å². The molecule has 8 heteroatoms.